The molecule has 0 aliphatic heterocycles. The molecule has 0 aliphatic rings. The van der Waals surface area contributed by atoms with Crippen molar-refractivity contribution in [3.05, 3.63) is 68.8 Å². The summed E-state index contributed by atoms with van der Waals surface area (Å²) in [5.41, 5.74) is 2.20. The normalized spacial score (nSPS) is 11.8. The van der Waals surface area contributed by atoms with Crippen molar-refractivity contribution in [1.82, 2.24) is 0 Å². The van der Waals surface area contributed by atoms with Crippen LogP contribution in [-0.4, -0.2) is 24.2 Å². The Labute approximate surface area is 197 Å². The van der Waals surface area contributed by atoms with Gasteiger partial charge in [0, 0.05) is 37.9 Å². The second-order valence-electron chi connectivity index (χ2n) is 7.59. The van der Waals surface area contributed by atoms with E-state index in [1.54, 1.807) is 11.3 Å². The maximum absolute atomic E-state index is 11.0. The fourth-order valence-electron chi connectivity index (χ4n) is 3.35. The van der Waals surface area contributed by atoms with E-state index in [4.69, 9.17) is 11.7 Å². The van der Waals surface area contributed by atoms with Crippen LogP contribution in [0.4, 0.5) is 5.69 Å². The van der Waals surface area contributed by atoms with E-state index < -0.39 is 5.97 Å². The molecule has 0 unspecified atom stereocenters. The lowest BCUT2D eigenvalue weighted by Gasteiger charge is -2.24. The monoisotopic (exact) mass is 464 g/mol. The summed E-state index contributed by atoms with van der Waals surface area (Å²) in [7, 11) is 0. The van der Waals surface area contributed by atoms with Crippen LogP contribution in [-0.2, 0) is 4.79 Å². The molecule has 0 saturated heterocycles. The van der Waals surface area contributed by atoms with Gasteiger partial charge < -0.3 is 10.0 Å². The van der Waals surface area contributed by atoms with Crippen LogP contribution < -0.4 is 4.90 Å². The van der Waals surface area contributed by atoms with Crippen molar-refractivity contribution >= 4 is 62.0 Å². The summed E-state index contributed by atoms with van der Waals surface area (Å²) in [4.78, 5) is 18.5. The first-order valence-corrected chi connectivity index (χ1v) is 12.6. The first-order valence-electron chi connectivity index (χ1n) is 10.9. The molecule has 0 saturated carbocycles. The van der Waals surface area contributed by atoms with Gasteiger partial charge in [0.05, 0.1) is 6.57 Å². The molecule has 6 heteroatoms. The zero-order valence-electron chi connectivity index (χ0n) is 18.5. The number of carboxylic acids is 1. The molecule has 0 spiro atoms. The van der Waals surface area contributed by atoms with E-state index in [0.717, 1.165) is 32.2 Å². The smallest absolute Gasteiger partial charge is 0.333 e. The SMILES string of the molecule is [C-]#[N+]C(=Cc1cc2sc(C=Cc3ccc(N(CCCC)CCCC)cc3)cc2s1)C(=O)O. The number of hydrogen-bond acceptors (Lipinski definition) is 4. The number of aliphatic carboxylic acids is 1. The summed E-state index contributed by atoms with van der Waals surface area (Å²) in [6.07, 6.45) is 10.5. The average molecular weight is 465 g/mol. The number of fused-ring (bicyclic) bond motifs is 1. The van der Waals surface area contributed by atoms with E-state index in [-0.39, 0.29) is 5.70 Å². The van der Waals surface area contributed by atoms with Gasteiger partial charge in [0.15, 0.2) is 0 Å². The number of unbranched alkanes of at least 4 members (excludes halogenated alkanes) is 2. The van der Waals surface area contributed by atoms with Gasteiger partial charge in [-0.15, -0.1) is 22.7 Å². The first-order chi connectivity index (χ1) is 15.5. The summed E-state index contributed by atoms with van der Waals surface area (Å²) < 4.78 is 2.21. The van der Waals surface area contributed by atoms with Crippen molar-refractivity contribution in [2.24, 2.45) is 0 Å². The number of carbonyl (C=O) groups is 1. The zero-order chi connectivity index (χ0) is 22.9. The number of benzene rings is 1. The van der Waals surface area contributed by atoms with Crippen LogP contribution >= 0.6 is 22.7 Å². The number of hydrogen-bond donors (Lipinski definition) is 1. The zero-order valence-corrected chi connectivity index (χ0v) is 20.1. The Morgan fingerprint density at radius 2 is 1.59 bits per heavy atom. The summed E-state index contributed by atoms with van der Waals surface area (Å²) in [6, 6.07) is 12.8. The van der Waals surface area contributed by atoms with Crippen molar-refractivity contribution in [3.8, 4) is 0 Å². The van der Waals surface area contributed by atoms with Crippen molar-refractivity contribution in [3.63, 3.8) is 0 Å². The standard InChI is InChI=1S/C26H28N2O2S2/c1-4-6-14-28(15-7-5-2)20-11-8-19(9-12-20)10-13-21-17-24-25(31-21)18-22(32-24)16-23(27-3)26(29)30/h8-13,16-18H,4-7,14-15H2,1-2H3,(H,29,30). The summed E-state index contributed by atoms with van der Waals surface area (Å²) in [6.45, 7) is 13.7. The van der Waals surface area contributed by atoms with E-state index in [9.17, 15) is 4.79 Å². The topological polar surface area (TPSA) is 44.9 Å². The van der Waals surface area contributed by atoms with Crippen LogP contribution in [0.5, 0.6) is 0 Å². The molecule has 166 valence electrons. The summed E-state index contributed by atoms with van der Waals surface area (Å²) in [5.74, 6) is -1.19. The Balaban J connectivity index is 1.69. The van der Waals surface area contributed by atoms with E-state index in [2.05, 4.69) is 66.1 Å². The van der Waals surface area contributed by atoms with Crippen molar-refractivity contribution in [1.29, 1.82) is 0 Å². The lowest BCUT2D eigenvalue weighted by atomic mass is 10.1. The Kier molecular flexibility index (Phi) is 8.66. The minimum atomic E-state index is -1.19. The molecule has 0 bridgehead atoms. The third-order valence-electron chi connectivity index (χ3n) is 5.13. The maximum atomic E-state index is 11.0. The van der Waals surface area contributed by atoms with Crippen LogP contribution in [0.2, 0.25) is 0 Å². The second kappa shape index (κ2) is 11.7. The van der Waals surface area contributed by atoms with E-state index in [1.807, 2.05) is 6.07 Å². The Morgan fingerprint density at radius 1 is 1.00 bits per heavy atom. The quantitative estimate of drug-likeness (QED) is 0.232. The van der Waals surface area contributed by atoms with E-state index in [1.165, 1.54) is 54.3 Å². The highest BCUT2D eigenvalue weighted by molar-refractivity contribution is 7.28. The molecule has 4 nitrogen and oxygen atoms in total. The highest BCUT2D eigenvalue weighted by Gasteiger charge is 2.10. The maximum Gasteiger partial charge on any atom is 0.333 e. The van der Waals surface area contributed by atoms with Crippen molar-refractivity contribution in [2.45, 2.75) is 39.5 Å². The fraction of sp³-hybridized carbons (Fsp3) is 0.308. The van der Waals surface area contributed by atoms with Gasteiger partial charge in [0.1, 0.15) is 0 Å². The summed E-state index contributed by atoms with van der Waals surface area (Å²) >= 11 is 3.17. The number of thiophene rings is 2. The molecule has 3 rings (SSSR count). The van der Waals surface area contributed by atoms with Crippen LogP contribution in [0.1, 0.15) is 54.8 Å². The number of carboxylic acid groups (broad SMARTS) is 1. The Bertz CT molecular complexity index is 1110. The largest absolute Gasteiger partial charge is 0.486 e. The Morgan fingerprint density at radius 3 is 2.16 bits per heavy atom. The van der Waals surface area contributed by atoms with Gasteiger partial charge in [0.25, 0.3) is 5.70 Å². The van der Waals surface area contributed by atoms with Crippen molar-refractivity contribution < 1.29 is 9.90 Å². The van der Waals surface area contributed by atoms with Gasteiger partial charge >= 0.3 is 5.97 Å². The molecule has 1 N–H and O–H groups in total. The Hall–Kier alpha value is -2.88. The van der Waals surface area contributed by atoms with Gasteiger partial charge in [-0.1, -0.05) is 44.9 Å². The lowest BCUT2D eigenvalue weighted by Crippen LogP contribution is -2.25. The summed E-state index contributed by atoms with van der Waals surface area (Å²) in [5, 5.41) is 9.02. The third-order valence-corrected chi connectivity index (χ3v) is 7.33. The molecule has 0 aliphatic carbocycles. The predicted octanol–water partition coefficient (Wildman–Crippen LogP) is 7.88. The number of nitrogens with zero attached hydrogens (tertiary/aromatic N) is 2. The molecule has 0 fully saturated rings. The molecular formula is C26H28N2O2S2. The third kappa shape index (κ3) is 6.32. The first kappa shape index (κ1) is 23.8. The highest BCUT2D eigenvalue weighted by atomic mass is 32.1. The fourth-order valence-corrected chi connectivity index (χ4v) is 5.60. The van der Waals surface area contributed by atoms with Crippen LogP contribution in [0.25, 0.3) is 32.5 Å². The molecule has 2 aromatic heterocycles. The molecule has 0 atom stereocenters. The molecule has 3 aromatic rings. The van der Waals surface area contributed by atoms with Gasteiger partial charge in [-0.05, 0) is 54.8 Å². The minimum absolute atomic E-state index is 0.259. The van der Waals surface area contributed by atoms with Crippen molar-refractivity contribution in [2.75, 3.05) is 18.0 Å². The van der Waals surface area contributed by atoms with Crippen LogP contribution in [0.15, 0.2) is 42.1 Å². The predicted molar refractivity (Wildman–Crippen MR) is 139 cm³/mol. The molecular weight excluding hydrogens is 436 g/mol. The average Bonchev–Trinajstić information content (AvgIpc) is 3.34. The lowest BCUT2D eigenvalue weighted by molar-refractivity contribution is -0.132. The minimum Gasteiger partial charge on any atom is -0.486 e. The van der Waals surface area contributed by atoms with Gasteiger partial charge in [-0.3, -0.25) is 4.79 Å². The second-order valence-corrected chi connectivity index (χ2v) is 9.82. The highest BCUT2D eigenvalue weighted by Crippen LogP contribution is 2.35. The number of rotatable bonds is 11. The van der Waals surface area contributed by atoms with Gasteiger partial charge in [-0.25, -0.2) is 4.85 Å². The van der Waals surface area contributed by atoms with E-state index >= 15 is 0 Å². The van der Waals surface area contributed by atoms with Gasteiger partial charge in [0.2, 0.25) is 0 Å². The van der Waals surface area contributed by atoms with Crippen LogP contribution in [0.3, 0.4) is 0 Å². The molecule has 0 radical (unpaired) electrons. The van der Waals surface area contributed by atoms with E-state index in [0.29, 0.717) is 0 Å². The number of anilines is 1. The molecule has 0 amide bonds. The molecule has 2 heterocycles. The van der Waals surface area contributed by atoms with Gasteiger partial charge in [-0.2, -0.15) is 0 Å². The molecule has 32 heavy (non-hydrogen) atoms. The van der Waals surface area contributed by atoms with Crippen LogP contribution in [0, 0.1) is 6.57 Å². The molecule has 1 aromatic carbocycles.